The monoisotopic (exact) mass is 361 g/mol. The molecule has 2 aliphatic rings. The second-order valence-electron chi connectivity index (χ2n) is 7.11. The Bertz CT molecular complexity index is 871. The zero-order valence-corrected chi connectivity index (χ0v) is 15.1. The van der Waals surface area contributed by atoms with Gasteiger partial charge in [0, 0.05) is 43.4 Å². The van der Waals surface area contributed by atoms with Crippen molar-refractivity contribution in [2.75, 3.05) is 32.5 Å². The van der Waals surface area contributed by atoms with E-state index in [-0.39, 0.29) is 12.0 Å². The van der Waals surface area contributed by atoms with Crippen LogP contribution in [0.25, 0.3) is 10.9 Å². The summed E-state index contributed by atoms with van der Waals surface area (Å²) in [6, 6.07) is 12.3. The minimum Gasteiger partial charge on any atom is -0.376 e. The number of benzene rings is 1. The van der Waals surface area contributed by atoms with E-state index in [9.17, 15) is 8.42 Å². The minimum atomic E-state index is -3.15. The second-order valence-corrected chi connectivity index (χ2v) is 8.94. The molecule has 3 heterocycles. The van der Waals surface area contributed by atoms with Gasteiger partial charge >= 0.3 is 0 Å². The van der Waals surface area contributed by atoms with Crippen LogP contribution in [0.1, 0.15) is 5.69 Å². The lowest BCUT2D eigenvalue weighted by molar-refractivity contribution is 0.0940. The number of aromatic nitrogens is 1. The fraction of sp³-hybridized carbons (Fsp3) is 0.500. The number of likely N-dealkylation sites (tertiary alicyclic amines) is 1. The summed E-state index contributed by atoms with van der Waals surface area (Å²) in [5.74, 6) is 0.629. The summed E-state index contributed by atoms with van der Waals surface area (Å²) in [5.41, 5.74) is 2.08. The number of hydrogen-bond acceptors (Lipinski definition) is 5. The Morgan fingerprint density at radius 2 is 2.08 bits per heavy atom. The molecule has 6 nitrogen and oxygen atoms in total. The number of nitrogens with zero attached hydrogens (tertiary/aromatic N) is 2. The summed E-state index contributed by atoms with van der Waals surface area (Å²) in [5, 5.41) is 1.15. The molecular weight excluding hydrogens is 338 g/mol. The van der Waals surface area contributed by atoms with Crippen molar-refractivity contribution in [2.24, 2.45) is 11.8 Å². The molecule has 134 valence electrons. The van der Waals surface area contributed by atoms with Gasteiger partial charge in [0.1, 0.15) is 0 Å². The summed E-state index contributed by atoms with van der Waals surface area (Å²) >= 11 is 0. The van der Waals surface area contributed by atoms with Gasteiger partial charge in [-0.25, -0.2) is 13.1 Å². The molecule has 0 amide bonds. The smallest absolute Gasteiger partial charge is 0.208 e. The van der Waals surface area contributed by atoms with Crippen LogP contribution in [0.3, 0.4) is 0 Å². The molecule has 0 radical (unpaired) electrons. The Morgan fingerprint density at radius 1 is 1.24 bits per heavy atom. The number of nitrogens with one attached hydrogen (secondary N) is 1. The Balaban J connectivity index is 1.40. The van der Waals surface area contributed by atoms with Crippen LogP contribution in [0, 0.1) is 11.8 Å². The summed E-state index contributed by atoms with van der Waals surface area (Å²) < 4.78 is 31.2. The largest absolute Gasteiger partial charge is 0.376 e. The molecular formula is C18H23N3O3S. The number of pyridine rings is 1. The van der Waals surface area contributed by atoms with E-state index in [0.717, 1.165) is 36.2 Å². The number of sulfonamides is 1. The fourth-order valence-electron chi connectivity index (χ4n) is 3.90. The molecule has 3 atom stereocenters. The molecule has 0 bridgehead atoms. The van der Waals surface area contributed by atoms with Crippen molar-refractivity contribution in [3.63, 3.8) is 0 Å². The number of para-hydroxylation sites is 1. The molecule has 25 heavy (non-hydrogen) atoms. The van der Waals surface area contributed by atoms with E-state index in [4.69, 9.17) is 9.72 Å². The molecule has 2 saturated heterocycles. The van der Waals surface area contributed by atoms with Crippen LogP contribution >= 0.6 is 0 Å². The second kappa shape index (κ2) is 6.64. The van der Waals surface area contributed by atoms with E-state index in [0.29, 0.717) is 19.1 Å². The van der Waals surface area contributed by atoms with Crippen molar-refractivity contribution in [3.8, 4) is 0 Å². The van der Waals surface area contributed by atoms with Crippen molar-refractivity contribution in [1.82, 2.24) is 14.6 Å². The first-order chi connectivity index (χ1) is 12.0. The summed E-state index contributed by atoms with van der Waals surface area (Å²) in [6.07, 6.45) is 1.40. The van der Waals surface area contributed by atoms with Gasteiger partial charge in [-0.05, 0) is 12.1 Å². The summed E-state index contributed by atoms with van der Waals surface area (Å²) in [6.45, 7) is 3.71. The van der Waals surface area contributed by atoms with Crippen molar-refractivity contribution >= 4 is 20.9 Å². The molecule has 0 unspecified atom stereocenters. The highest BCUT2D eigenvalue weighted by atomic mass is 32.2. The lowest BCUT2D eigenvalue weighted by atomic mass is 9.93. The third-order valence-electron chi connectivity index (χ3n) is 5.16. The average molecular weight is 361 g/mol. The molecule has 1 aromatic heterocycles. The van der Waals surface area contributed by atoms with Crippen LogP contribution in [0.5, 0.6) is 0 Å². The first-order valence-electron chi connectivity index (χ1n) is 8.61. The van der Waals surface area contributed by atoms with Gasteiger partial charge < -0.3 is 4.74 Å². The molecule has 0 saturated carbocycles. The SMILES string of the molecule is CS(=O)(=O)NC[C@@H]1CO[C@@H]2CN(Cc3ccc4ccccc4n3)C[C@H]12. The standard InChI is InChI=1S/C18H23N3O3S/c1-25(22,23)19-8-14-12-24-18-11-21(10-16(14)18)9-15-7-6-13-4-2-3-5-17(13)20-15/h2-7,14,16,18-19H,8-12H2,1H3/t14-,16-,18-/m1/s1. The quantitative estimate of drug-likeness (QED) is 0.867. The van der Waals surface area contributed by atoms with Crippen molar-refractivity contribution in [2.45, 2.75) is 12.6 Å². The Labute approximate surface area is 148 Å². The molecule has 2 aromatic rings. The van der Waals surface area contributed by atoms with Gasteiger partial charge in [-0.1, -0.05) is 24.3 Å². The fourth-order valence-corrected chi connectivity index (χ4v) is 4.42. The highest BCUT2D eigenvalue weighted by Gasteiger charge is 2.43. The maximum absolute atomic E-state index is 11.3. The van der Waals surface area contributed by atoms with Crippen LogP contribution in [0.4, 0.5) is 0 Å². The molecule has 0 spiro atoms. The maximum atomic E-state index is 11.3. The highest BCUT2D eigenvalue weighted by molar-refractivity contribution is 7.88. The summed E-state index contributed by atoms with van der Waals surface area (Å²) in [4.78, 5) is 7.11. The molecule has 0 aliphatic carbocycles. The lowest BCUT2D eigenvalue weighted by Crippen LogP contribution is -2.33. The maximum Gasteiger partial charge on any atom is 0.208 e. The zero-order chi connectivity index (χ0) is 17.4. The number of hydrogen-bond donors (Lipinski definition) is 1. The molecule has 1 N–H and O–H groups in total. The predicted molar refractivity (Wildman–Crippen MR) is 96.6 cm³/mol. The van der Waals surface area contributed by atoms with Gasteiger partial charge in [-0.2, -0.15) is 0 Å². The van der Waals surface area contributed by atoms with Crippen molar-refractivity contribution < 1.29 is 13.2 Å². The molecule has 4 rings (SSSR count). The van der Waals surface area contributed by atoms with E-state index in [1.807, 2.05) is 18.2 Å². The minimum absolute atomic E-state index is 0.201. The first kappa shape index (κ1) is 16.9. The van der Waals surface area contributed by atoms with Gasteiger partial charge in [-0.3, -0.25) is 9.88 Å². The Kier molecular flexibility index (Phi) is 4.49. The normalized spacial score (nSPS) is 27.0. The third-order valence-corrected chi connectivity index (χ3v) is 5.86. The molecule has 7 heteroatoms. The Morgan fingerprint density at radius 3 is 2.92 bits per heavy atom. The van der Waals surface area contributed by atoms with Crippen LogP contribution in [-0.2, 0) is 21.3 Å². The van der Waals surface area contributed by atoms with Gasteiger partial charge in [0.25, 0.3) is 0 Å². The van der Waals surface area contributed by atoms with E-state index < -0.39 is 10.0 Å². The molecule has 1 aromatic carbocycles. The van der Waals surface area contributed by atoms with E-state index in [1.165, 1.54) is 6.26 Å². The van der Waals surface area contributed by atoms with Gasteiger partial charge in [0.15, 0.2) is 0 Å². The Hall–Kier alpha value is -1.54. The lowest BCUT2D eigenvalue weighted by Gasteiger charge is -2.19. The predicted octanol–water partition coefficient (Wildman–Crippen LogP) is 1.23. The zero-order valence-electron chi connectivity index (χ0n) is 14.3. The van der Waals surface area contributed by atoms with E-state index >= 15 is 0 Å². The van der Waals surface area contributed by atoms with Crippen molar-refractivity contribution in [3.05, 3.63) is 42.1 Å². The third kappa shape index (κ3) is 3.84. The topological polar surface area (TPSA) is 71.5 Å². The van der Waals surface area contributed by atoms with Crippen LogP contribution in [0.2, 0.25) is 0 Å². The number of rotatable bonds is 5. The van der Waals surface area contributed by atoms with Gasteiger partial charge in [0.2, 0.25) is 10.0 Å². The van der Waals surface area contributed by atoms with Crippen LogP contribution < -0.4 is 4.72 Å². The van der Waals surface area contributed by atoms with E-state index in [2.05, 4.69) is 27.8 Å². The molecule has 2 aliphatic heterocycles. The van der Waals surface area contributed by atoms with Gasteiger partial charge in [0.05, 0.1) is 30.2 Å². The van der Waals surface area contributed by atoms with Crippen LogP contribution in [-0.4, -0.2) is 56.9 Å². The first-order valence-corrected chi connectivity index (χ1v) is 10.5. The number of ether oxygens (including phenoxy) is 1. The van der Waals surface area contributed by atoms with Crippen molar-refractivity contribution in [1.29, 1.82) is 0 Å². The van der Waals surface area contributed by atoms with Crippen LogP contribution in [0.15, 0.2) is 36.4 Å². The van der Waals surface area contributed by atoms with E-state index in [1.54, 1.807) is 0 Å². The summed E-state index contributed by atoms with van der Waals surface area (Å²) in [7, 11) is -3.15. The average Bonchev–Trinajstić information content (AvgIpc) is 3.12. The van der Waals surface area contributed by atoms with Gasteiger partial charge in [-0.15, -0.1) is 0 Å². The highest BCUT2D eigenvalue weighted by Crippen LogP contribution is 2.34. The number of fused-ring (bicyclic) bond motifs is 2. The molecule has 2 fully saturated rings.